The first kappa shape index (κ1) is 13.8. The molecule has 0 fully saturated rings. The van der Waals surface area contributed by atoms with Crippen LogP contribution in [0.2, 0.25) is 0 Å². The molecule has 0 aliphatic heterocycles. The zero-order valence-electron chi connectivity index (χ0n) is 9.98. The minimum absolute atomic E-state index is 0.492. The Morgan fingerprint density at radius 3 is 2.83 bits per heavy atom. The highest BCUT2D eigenvalue weighted by Crippen LogP contribution is 2.29. The highest BCUT2D eigenvalue weighted by atomic mass is 79.9. The number of hydrogen-bond donors (Lipinski definition) is 1. The van der Waals surface area contributed by atoms with Crippen molar-refractivity contribution < 1.29 is 5.11 Å². The van der Waals surface area contributed by atoms with Gasteiger partial charge < -0.3 is 9.67 Å². The molecule has 0 saturated heterocycles. The van der Waals surface area contributed by atoms with Gasteiger partial charge in [-0.2, -0.15) is 0 Å². The maximum Gasteiger partial charge on any atom is 0.108 e. The Morgan fingerprint density at radius 2 is 2.17 bits per heavy atom. The predicted molar refractivity (Wildman–Crippen MR) is 78.3 cm³/mol. The van der Waals surface area contributed by atoms with Crippen LogP contribution >= 0.6 is 31.9 Å². The molecule has 0 amide bonds. The van der Waals surface area contributed by atoms with E-state index in [1.165, 1.54) is 0 Å². The van der Waals surface area contributed by atoms with Gasteiger partial charge in [-0.05, 0) is 30.2 Å². The van der Waals surface area contributed by atoms with Gasteiger partial charge in [0.2, 0.25) is 0 Å². The highest BCUT2D eigenvalue weighted by molar-refractivity contribution is 9.11. The molecule has 1 aromatic heterocycles. The minimum atomic E-state index is -0.492. The van der Waals surface area contributed by atoms with Gasteiger partial charge in [0.15, 0.2) is 0 Å². The molecule has 0 radical (unpaired) electrons. The van der Waals surface area contributed by atoms with E-state index in [0.29, 0.717) is 6.42 Å². The van der Waals surface area contributed by atoms with Crippen molar-refractivity contribution in [3.8, 4) is 0 Å². The third-order valence-electron chi connectivity index (χ3n) is 2.88. The van der Waals surface area contributed by atoms with Crippen LogP contribution in [0.15, 0.2) is 39.5 Å². The van der Waals surface area contributed by atoms with E-state index in [0.717, 1.165) is 26.8 Å². The molecule has 1 N–H and O–H groups in total. The van der Waals surface area contributed by atoms with Crippen molar-refractivity contribution >= 4 is 31.9 Å². The van der Waals surface area contributed by atoms with Gasteiger partial charge in [0, 0.05) is 34.8 Å². The Balaban J connectivity index is 2.06. The van der Waals surface area contributed by atoms with Crippen LogP contribution in [0, 0.1) is 0 Å². The molecular weight excluding hydrogens is 360 g/mol. The van der Waals surface area contributed by atoms with Crippen molar-refractivity contribution in [1.82, 2.24) is 9.55 Å². The Kier molecular flexibility index (Phi) is 4.59. The second-order valence-electron chi connectivity index (χ2n) is 4.17. The number of halogens is 2. The first-order valence-corrected chi connectivity index (χ1v) is 7.25. The number of aryl methyl sites for hydroxylation is 2. The van der Waals surface area contributed by atoms with Crippen molar-refractivity contribution in [2.24, 2.45) is 7.05 Å². The fraction of sp³-hybridized carbons (Fsp3) is 0.308. The van der Waals surface area contributed by atoms with Crippen molar-refractivity contribution in [3.05, 3.63) is 50.9 Å². The lowest BCUT2D eigenvalue weighted by Crippen LogP contribution is -2.04. The number of aromatic nitrogens is 2. The second kappa shape index (κ2) is 5.99. The quantitative estimate of drug-likeness (QED) is 0.888. The Bertz CT molecular complexity index is 540. The van der Waals surface area contributed by atoms with Gasteiger partial charge in [0.1, 0.15) is 5.82 Å². The summed E-state index contributed by atoms with van der Waals surface area (Å²) in [5.41, 5.74) is 0.901. The van der Waals surface area contributed by atoms with E-state index in [4.69, 9.17) is 0 Å². The summed E-state index contributed by atoms with van der Waals surface area (Å²) in [4.78, 5) is 4.25. The van der Waals surface area contributed by atoms with Crippen molar-refractivity contribution in [1.29, 1.82) is 0 Å². The molecule has 5 heteroatoms. The van der Waals surface area contributed by atoms with Gasteiger partial charge in [-0.25, -0.2) is 4.98 Å². The number of aliphatic hydroxyl groups excluding tert-OH is 1. The molecule has 0 bridgehead atoms. The van der Waals surface area contributed by atoms with E-state index in [2.05, 4.69) is 36.8 Å². The van der Waals surface area contributed by atoms with Crippen LogP contribution in [-0.2, 0) is 13.5 Å². The molecule has 2 aromatic rings. The lowest BCUT2D eigenvalue weighted by molar-refractivity contribution is 0.166. The maximum atomic E-state index is 10.2. The van der Waals surface area contributed by atoms with Gasteiger partial charge >= 0.3 is 0 Å². The fourth-order valence-electron chi connectivity index (χ4n) is 1.83. The van der Waals surface area contributed by atoms with Crippen molar-refractivity contribution in [2.75, 3.05) is 0 Å². The molecule has 0 saturated carbocycles. The van der Waals surface area contributed by atoms with E-state index in [-0.39, 0.29) is 0 Å². The van der Waals surface area contributed by atoms with Gasteiger partial charge in [-0.1, -0.05) is 31.9 Å². The Hall–Kier alpha value is -0.650. The molecule has 1 atom stereocenters. The standard InChI is InChI=1S/C13H14Br2N2O/c1-17-7-6-16-13(17)5-4-12(18)10-8-9(14)2-3-11(10)15/h2-3,6-8,12,18H,4-5H2,1H3. The molecule has 1 heterocycles. The maximum absolute atomic E-state index is 10.2. The minimum Gasteiger partial charge on any atom is -0.388 e. The van der Waals surface area contributed by atoms with Gasteiger partial charge in [-0.3, -0.25) is 0 Å². The summed E-state index contributed by atoms with van der Waals surface area (Å²) >= 11 is 6.88. The summed E-state index contributed by atoms with van der Waals surface area (Å²) in [5, 5.41) is 10.2. The summed E-state index contributed by atoms with van der Waals surface area (Å²) in [5.74, 6) is 0.986. The fourth-order valence-corrected chi connectivity index (χ4v) is 2.72. The van der Waals surface area contributed by atoms with Crippen molar-refractivity contribution in [3.63, 3.8) is 0 Å². The summed E-state index contributed by atoms with van der Waals surface area (Å²) < 4.78 is 3.87. The largest absolute Gasteiger partial charge is 0.388 e. The molecule has 0 spiro atoms. The molecular formula is C13H14Br2N2O. The van der Waals surface area contributed by atoms with Crippen LogP contribution < -0.4 is 0 Å². The van der Waals surface area contributed by atoms with Gasteiger partial charge in [0.25, 0.3) is 0 Å². The molecule has 18 heavy (non-hydrogen) atoms. The van der Waals surface area contributed by atoms with Crippen LogP contribution in [0.1, 0.15) is 23.9 Å². The smallest absolute Gasteiger partial charge is 0.108 e. The van der Waals surface area contributed by atoms with Crippen LogP contribution in [0.5, 0.6) is 0 Å². The lowest BCUT2D eigenvalue weighted by atomic mass is 10.0. The van der Waals surface area contributed by atoms with Crippen molar-refractivity contribution in [2.45, 2.75) is 18.9 Å². The number of imidazole rings is 1. The van der Waals surface area contributed by atoms with Crippen LogP contribution in [0.25, 0.3) is 0 Å². The first-order valence-electron chi connectivity index (χ1n) is 5.67. The van der Waals surface area contributed by atoms with Gasteiger partial charge in [0.05, 0.1) is 6.10 Å². The SMILES string of the molecule is Cn1ccnc1CCC(O)c1cc(Br)ccc1Br. The van der Waals surface area contributed by atoms with E-state index >= 15 is 0 Å². The van der Waals surface area contributed by atoms with Crippen LogP contribution in [0.4, 0.5) is 0 Å². The Labute approximate surface area is 123 Å². The average Bonchev–Trinajstić information content (AvgIpc) is 2.75. The molecule has 3 nitrogen and oxygen atoms in total. The summed E-state index contributed by atoms with van der Waals surface area (Å²) in [6.07, 6.45) is 4.60. The second-order valence-corrected chi connectivity index (χ2v) is 5.94. The number of hydrogen-bond acceptors (Lipinski definition) is 2. The van der Waals surface area contributed by atoms with E-state index in [1.807, 2.05) is 36.0 Å². The predicted octanol–water partition coefficient (Wildman–Crippen LogP) is 3.61. The van der Waals surface area contributed by atoms with Crippen LogP contribution in [-0.4, -0.2) is 14.7 Å². The third-order valence-corrected chi connectivity index (χ3v) is 4.09. The highest BCUT2D eigenvalue weighted by Gasteiger charge is 2.13. The molecule has 1 unspecified atom stereocenters. The molecule has 0 aliphatic rings. The molecule has 2 rings (SSSR count). The monoisotopic (exact) mass is 372 g/mol. The van der Waals surface area contributed by atoms with E-state index in [9.17, 15) is 5.11 Å². The average molecular weight is 374 g/mol. The molecule has 96 valence electrons. The zero-order chi connectivity index (χ0) is 13.1. The summed E-state index contributed by atoms with van der Waals surface area (Å²) in [6, 6.07) is 5.82. The number of aliphatic hydroxyl groups is 1. The lowest BCUT2D eigenvalue weighted by Gasteiger charge is -2.13. The first-order chi connectivity index (χ1) is 8.58. The topological polar surface area (TPSA) is 38.0 Å². The number of nitrogens with zero attached hydrogens (tertiary/aromatic N) is 2. The van der Waals surface area contributed by atoms with Crippen LogP contribution in [0.3, 0.4) is 0 Å². The normalized spacial score (nSPS) is 12.7. The van der Waals surface area contributed by atoms with E-state index < -0.39 is 6.10 Å². The third kappa shape index (κ3) is 3.22. The summed E-state index contributed by atoms with van der Waals surface area (Å²) in [7, 11) is 1.96. The summed E-state index contributed by atoms with van der Waals surface area (Å²) in [6.45, 7) is 0. The zero-order valence-corrected chi connectivity index (χ0v) is 13.1. The number of rotatable bonds is 4. The van der Waals surface area contributed by atoms with Gasteiger partial charge in [-0.15, -0.1) is 0 Å². The molecule has 0 aliphatic carbocycles. The Morgan fingerprint density at radius 1 is 1.39 bits per heavy atom. The van der Waals surface area contributed by atoms with E-state index in [1.54, 1.807) is 6.20 Å². The molecule has 1 aromatic carbocycles. The number of benzene rings is 1.